The van der Waals surface area contributed by atoms with E-state index in [9.17, 15) is 9.59 Å². The quantitative estimate of drug-likeness (QED) is 0.678. The standard InChI is InChI=1S/C22H23N5O3/c1-3-30-18-11-9-17(10-12-18)26-13-14-27-21(29)19(24-25-22(26)27)20(28)23-15(2)16-7-5-4-6-8-16/h4-12,15H,3,13-14H2,1-2H3,(H,23,28)/t15-/m0/s1. The SMILES string of the molecule is CCOc1ccc(N2CCn3c2nnc(C(=O)N[C@@H](C)c2ccccc2)c3=O)cc1. The van der Waals surface area contributed by atoms with E-state index >= 15 is 0 Å². The molecular formula is C22H23N5O3. The maximum Gasteiger partial charge on any atom is 0.286 e. The molecule has 154 valence electrons. The third-order valence-corrected chi connectivity index (χ3v) is 5.04. The molecule has 1 amide bonds. The first-order valence-electron chi connectivity index (χ1n) is 9.92. The second-order valence-corrected chi connectivity index (χ2v) is 6.99. The van der Waals surface area contributed by atoms with Crippen molar-refractivity contribution in [2.45, 2.75) is 26.4 Å². The van der Waals surface area contributed by atoms with E-state index in [1.54, 1.807) is 0 Å². The summed E-state index contributed by atoms with van der Waals surface area (Å²) in [5.74, 6) is 0.680. The number of rotatable bonds is 6. The van der Waals surface area contributed by atoms with Gasteiger partial charge in [0.15, 0.2) is 0 Å². The summed E-state index contributed by atoms with van der Waals surface area (Å²) in [6.07, 6.45) is 0. The molecule has 0 bridgehead atoms. The summed E-state index contributed by atoms with van der Waals surface area (Å²) in [4.78, 5) is 27.4. The van der Waals surface area contributed by atoms with Crippen molar-refractivity contribution in [3.8, 4) is 5.75 Å². The Morgan fingerprint density at radius 2 is 1.83 bits per heavy atom. The van der Waals surface area contributed by atoms with Gasteiger partial charge in [-0.2, -0.15) is 0 Å². The lowest BCUT2D eigenvalue weighted by Gasteiger charge is -2.17. The molecule has 8 nitrogen and oxygen atoms in total. The number of hydrogen-bond acceptors (Lipinski definition) is 6. The van der Waals surface area contributed by atoms with Crippen LogP contribution in [0.1, 0.15) is 35.9 Å². The maximum atomic E-state index is 12.9. The van der Waals surface area contributed by atoms with Crippen LogP contribution in [0.5, 0.6) is 5.75 Å². The van der Waals surface area contributed by atoms with Gasteiger partial charge in [0.1, 0.15) is 5.75 Å². The number of benzene rings is 2. The Morgan fingerprint density at radius 3 is 2.53 bits per heavy atom. The molecule has 0 saturated heterocycles. The van der Waals surface area contributed by atoms with Crippen LogP contribution in [0.2, 0.25) is 0 Å². The van der Waals surface area contributed by atoms with Crippen LogP contribution in [0.3, 0.4) is 0 Å². The van der Waals surface area contributed by atoms with Gasteiger partial charge in [-0.1, -0.05) is 30.3 Å². The van der Waals surface area contributed by atoms with E-state index in [1.807, 2.05) is 73.3 Å². The van der Waals surface area contributed by atoms with Gasteiger partial charge in [0.2, 0.25) is 11.6 Å². The largest absolute Gasteiger partial charge is 0.494 e. The number of ether oxygens (including phenoxy) is 1. The molecule has 1 aliphatic rings. The van der Waals surface area contributed by atoms with Crippen LogP contribution in [0.4, 0.5) is 11.6 Å². The monoisotopic (exact) mass is 405 g/mol. The summed E-state index contributed by atoms with van der Waals surface area (Å²) < 4.78 is 6.96. The van der Waals surface area contributed by atoms with E-state index in [2.05, 4.69) is 15.5 Å². The minimum atomic E-state index is -0.529. The lowest BCUT2D eigenvalue weighted by atomic mass is 10.1. The number of nitrogens with one attached hydrogen (secondary N) is 1. The van der Waals surface area contributed by atoms with Gasteiger partial charge in [-0.25, -0.2) is 0 Å². The highest BCUT2D eigenvalue weighted by Crippen LogP contribution is 2.28. The van der Waals surface area contributed by atoms with Crippen molar-refractivity contribution in [2.24, 2.45) is 0 Å². The van der Waals surface area contributed by atoms with Crippen molar-refractivity contribution in [3.63, 3.8) is 0 Å². The minimum absolute atomic E-state index is 0.199. The van der Waals surface area contributed by atoms with E-state index in [0.717, 1.165) is 17.0 Å². The first kappa shape index (κ1) is 19.6. The number of nitrogens with zero attached hydrogens (tertiary/aromatic N) is 4. The van der Waals surface area contributed by atoms with E-state index in [1.165, 1.54) is 4.57 Å². The van der Waals surface area contributed by atoms with Crippen LogP contribution in [0, 0.1) is 0 Å². The zero-order valence-electron chi connectivity index (χ0n) is 16.9. The molecule has 8 heteroatoms. The minimum Gasteiger partial charge on any atom is -0.494 e. The topological polar surface area (TPSA) is 89.3 Å². The number of hydrogen-bond donors (Lipinski definition) is 1. The molecule has 0 fully saturated rings. The molecule has 0 aliphatic carbocycles. The number of aromatic nitrogens is 3. The van der Waals surface area contributed by atoms with Gasteiger partial charge in [0.25, 0.3) is 11.5 Å². The van der Waals surface area contributed by atoms with Crippen molar-refractivity contribution in [1.82, 2.24) is 20.1 Å². The van der Waals surface area contributed by atoms with Gasteiger partial charge in [0, 0.05) is 18.8 Å². The lowest BCUT2D eigenvalue weighted by Crippen LogP contribution is -2.36. The van der Waals surface area contributed by atoms with Gasteiger partial charge in [-0.05, 0) is 43.7 Å². The smallest absolute Gasteiger partial charge is 0.286 e. The molecule has 0 saturated carbocycles. The summed E-state index contributed by atoms with van der Waals surface area (Å²) in [7, 11) is 0. The molecule has 1 aliphatic heterocycles. The van der Waals surface area contributed by atoms with Crippen molar-refractivity contribution in [1.29, 1.82) is 0 Å². The van der Waals surface area contributed by atoms with Crippen LogP contribution in [-0.4, -0.2) is 33.8 Å². The Bertz CT molecular complexity index is 1100. The predicted octanol–water partition coefficient (Wildman–Crippen LogP) is 2.68. The number of carbonyl (C=O) groups is 1. The number of amides is 1. The molecule has 30 heavy (non-hydrogen) atoms. The van der Waals surface area contributed by atoms with Gasteiger partial charge in [-0.15, -0.1) is 10.2 Å². The van der Waals surface area contributed by atoms with Crippen LogP contribution < -0.4 is 20.5 Å². The normalized spacial score (nSPS) is 13.6. The molecule has 0 unspecified atom stereocenters. The molecule has 3 aromatic rings. The summed E-state index contributed by atoms with van der Waals surface area (Å²) in [6, 6.07) is 16.9. The summed E-state index contributed by atoms with van der Waals surface area (Å²) in [5.41, 5.74) is 1.19. The molecule has 0 radical (unpaired) electrons. The fourth-order valence-corrected chi connectivity index (χ4v) is 3.48. The zero-order chi connectivity index (χ0) is 21.1. The van der Waals surface area contributed by atoms with Gasteiger partial charge in [0.05, 0.1) is 12.6 Å². The highest BCUT2D eigenvalue weighted by Gasteiger charge is 2.27. The van der Waals surface area contributed by atoms with Crippen molar-refractivity contribution in [3.05, 3.63) is 76.2 Å². The molecule has 2 heterocycles. The second kappa shape index (κ2) is 8.36. The Hall–Kier alpha value is -3.68. The summed E-state index contributed by atoms with van der Waals surface area (Å²) in [5, 5.41) is 11.0. The van der Waals surface area contributed by atoms with Crippen LogP contribution >= 0.6 is 0 Å². The number of fused-ring (bicyclic) bond motifs is 1. The average Bonchev–Trinajstić information content (AvgIpc) is 3.20. The van der Waals surface area contributed by atoms with Crippen molar-refractivity contribution >= 4 is 17.5 Å². The summed E-state index contributed by atoms with van der Waals surface area (Å²) in [6.45, 7) is 5.40. The summed E-state index contributed by atoms with van der Waals surface area (Å²) >= 11 is 0. The second-order valence-electron chi connectivity index (χ2n) is 6.99. The predicted molar refractivity (Wildman–Crippen MR) is 113 cm³/mol. The molecule has 0 spiro atoms. The third kappa shape index (κ3) is 3.76. The highest BCUT2D eigenvalue weighted by molar-refractivity contribution is 5.92. The lowest BCUT2D eigenvalue weighted by molar-refractivity contribution is 0.0931. The fraction of sp³-hybridized carbons (Fsp3) is 0.273. The Labute approximate surface area is 174 Å². The van der Waals surface area contributed by atoms with Crippen LogP contribution in [0.25, 0.3) is 0 Å². The molecule has 4 rings (SSSR count). The number of anilines is 2. The first-order valence-corrected chi connectivity index (χ1v) is 9.92. The molecule has 1 N–H and O–H groups in total. The van der Waals surface area contributed by atoms with E-state index in [-0.39, 0.29) is 11.7 Å². The van der Waals surface area contributed by atoms with E-state index in [0.29, 0.717) is 25.6 Å². The number of carbonyl (C=O) groups excluding carboxylic acids is 1. The maximum absolute atomic E-state index is 12.9. The van der Waals surface area contributed by atoms with Gasteiger partial charge < -0.3 is 15.0 Å². The zero-order valence-corrected chi connectivity index (χ0v) is 16.9. The van der Waals surface area contributed by atoms with E-state index in [4.69, 9.17) is 4.74 Å². The average molecular weight is 405 g/mol. The Kier molecular flexibility index (Phi) is 5.47. The third-order valence-electron chi connectivity index (χ3n) is 5.04. The van der Waals surface area contributed by atoms with Crippen LogP contribution in [0.15, 0.2) is 59.4 Å². The molecule has 2 aromatic carbocycles. The Balaban J connectivity index is 1.55. The van der Waals surface area contributed by atoms with Gasteiger partial charge in [-0.3, -0.25) is 14.2 Å². The van der Waals surface area contributed by atoms with Crippen molar-refractivity contribution in [2.75, 3.05) is 18.1 Å². The van der Waals surface area contributed by atoms with Crippen molar-refractivity contribution < 1.29 is 9.53 Å². The molecular weight excluding hydrogens is 382 g/mol. The van der Waals surface area contributed by atoms with E-state index < -0.39 is 11.5 Å². The molecule has 1 aromatic heterocycles. The highest BCUT2D eigenvalue weighted by atomic mass is 16.5. The van der Waals surface area contributed by atoms with Gasteiger partial charge >= 0.3 is 0 Å². The first-order chi connectivity index (χ1) is 14.6. The van der Waals surface area contributed by atoms with Crippen LogP contribution in [-0.2, 0) is 6.54 Å². The Morgan fingerprint density at radius 1 is 1.10 bits per heavy atom. The molecule has 1 atom stereocenters. The fourth-order valence-electron chi connectivity index (χ4n) is 3.48.